The number of hydrogen-bond acceptors (Lipinski definition) is 2. The highest BCUT2D eigenvalue weighted by atomic mass is 32.1. The van der Waals surface area contributed by atoms with Gasteiger partial charge in [0.25, 0.3) is 0 Å². The number of rotatable bonds is 1. The van der Waals surface area contributed by atoms with Gasteiger partial charge in [0.05, 0.1) is 0 Å². The molecule has 62 valence electrons. The van der Waals surface area contributed by atoms with E-state index >= 15 is 0 Å². The van der Waals surface area contributed by atoms with Crippen molar-refractivity contribution >= 4 is 18.3 Å². The van der Waals surface area contributed by atoms with Crippen molar-refractivity contribution in [1.29, 1.82) is 0 Å². The molecule has 0 fully saturated rings. The van der Waals surface area contributed by atoms with Crippen LogP contribution >= 0.6 is 12.6 Å². The smallest absolute Gasteiger partial charge is 0.0432 e. The monoisotopic (exact) mass is 177 g/mol. The molecule has 0 amide bonds. The average molecular weight is 177 g/mol. The van der Waals surface area contributed by atoms with Crippen LogP contribution in [0.5, 0.6) is 0 Å². The first-order valence-corrected chi connectivity index (χ1v) is 4.64. The van der Waals surface area contributed by atoms with E-state index in [1.54, 1.807) is 0 Å². The molecule has 0 spiro atoms. The summed E-state index contributed by atoms with van der Waals surface area (Å²) in [5, 5.41) is 0. The Kier molecular flexibility index (Phi) is 2.17. The minimum absolute atomic E-state index is 0.984. The second-order valence-corrected chi connectivity index (χ2v) is 3.43. The second kappa shape index (κ2) is 3.31. The predicted octanol–water partition coefficient (Wildman–Crippen LogP) is 2.56. The van der Waals surface area contributed by atoms with Crippen LogP contribution in [0, 0.1) is 0 Å². The third-order valence-electron chi connectivity index (χ3n) is 2.09. The number of aliphatic imine (C=N–C) groups is 1. The van der Waals surface area contributed by atoms with E-state index in [-0.39, 0.29) is 0 Å². The molecule has 1 aromatic carbocycles. The van der Waals surface area contributed by atoms with Crippen molar-refractivity contribution in [1.82, 2.24) is 0 Å². The molecule has 12 heavy (non-hydrogen) atoms. The molecule has 1 aliphatic rings. The van der Waals surface area contributed by atoms with Crippen LogP contribution in [0.4, 0.5) is 0 Å². The summed E-state index contributed by atoms with van der Waals surface area (Å²) in [4.78, 5) is 5.47. The van der Waals surface area contributed by atoms with Crippen LogP contribution in [0.25, 0.3) is 0 Å². The van der Waals surface area contributed by atoms with Gasteiger partial charge < -0.3 is 0 Å². The van der Waals surface area contributed by atoms with Gasteiger partial charge in [-0.3, -0.25) is 4.99 Å². The van der Waals surface area contributed by atoms with E-state index < -0.39 is 0 Å². The average Bonchev–Trinajstić information content (AvgIpc) is 2.57. The van der Waals surface area contributed by atoms with Gasteiger partial charge in [-0.15, -0.1) is 12.6 Å². The molecule has 2 heteroatoms. The van der Waals surface area contributed by atoms with Crippen molar-refractivity contribution in [3.05, 3.63) is 29.8 Å². The Morgan fingerprint density at radius 2 is 2.08 bits per heavy atom. The molecule has 0 saturated carbocycles. The van der Waals surface area contributed by atoms with Crippen molar-refractivity contribution < 1.29 is 0 Å². The number of benzene rings is 1. The highest BCUT2D eigenvalue weighted by molar-refractivity contribution is 7.80. The molecular formula is C10H11NS. The van der Waals surface area contributed by atoms with Crippen molar-refractivity contribution in [2.45, 2.75) is 17.7 Å². The van der Waals surface area contributed by atoms with Gasteiger partial charge in [0, 0.05) is 22.7 Å². The van der Waals surface area contributed by atoms with E-state index in [1.165, 1.54) is 17.7 Å². The molecule has 1 aliphatic heterocycles. The van der Waals surface area contributed by atoms with Crippen molar-refractivity contribution in [2.24, 2.45) is 4.99 Å². The molecule has 1 heterocycles. The van der Waals surface area contributed by atoms with Crippen LogP contribution in [-0.4, -0.2) is 12.3 Å². The summed E-state index contributed by atoms with van der Waals surface area (Å²) in [5.41, 5.74) is 2.43. The van der Waals surface area contributed by atoms with Crippen LogP contribution in [0.3, 0.4) is 0 Å². The molecule has 0 N–H and O–H groups in total. The fourth-order valence-electron chi connectivity index (χ4n) is 1.48. The number of hydrogen-bond donors (Lipinski definition) is 1. The molecule has 2 rings (SSSR count). The van der Waals surface area contributed by atoms with E-state index in [1.807, 2.05) is 18.2 Å². The fraction of sp³-hybridized carbons (Fsp3) is 0.300. The van der Waals surface area contributed by atoms with Crippen molar-refractivity contribution in [3.63, 3.8) is 0 Å². The zero-order valence-electron chi connectivity index (χ0n) is 6.83. The first kappa shape index (κ1) is 7.87. The molecule has 0 saturated heterocycles. The zero-order chi connectivity index (χ0) is 8.39. The van der Waals surface area contributed by atoms with Crippen LogP contribution in [-0.2, 0) is 0 Å². The van der Waals surface area contributed by atoms with Gasteiger partial charge in [-0.2, -0.15) is 0 Å². The minimum atomic E-state index is 0.984. The van der Waals surface area contributed by atoms with Crippen LogP contribution in [0.15, 0.2) is 34.2 Å². The maximum absolute atomic E-state index is 4.43. The van der Waals surface area contributed by atoms with Crippen LogP contribution < -0.4 is 0 Å². The second-order valence-electron chi connectivity index (χ2n) is 2.95. The van der Waals surface area contributed by atoms with E-state index in [4.69, 9.17) is 0 Å². The van der Waals surface area contributed by atoms with E-state index in [0.717, 1.165) is 17.9 Å². The quantitative estimate of drug-likeness (QED) is 0.633. The Labute approximate surface area is 77.9 Å². The molecule has 0 atom stereocenters. The topological polar surface area (TPSA) is 12.4 Å². The van der Waals surface area contributed by atoms with Gasteiger partial charge >= 0.3 is 0 Å². The molecule has 0 unspecified atom stereocenters. The van der Waals surface area contributed by atoms with Crippen molar-refractivity contribution in [3.8, 4) is 0 Å². The first-order valence-electron chi connectivity index (χ1n) is 4.19. The summed E-state index contributed by atoms with van der Waals surface area (Å²) in [5.74, 6) is 0. The van der Waals surface area contributed by atoms with Gasteiger partial charge in [-0.1, -0.05) is 18.2 Å². The predicted molar refractivity (Wildman–Crippen MR) is 54.3 cm³/mol. The van der Waals surface area contributed by atoms with Gasteiger partial charge in [0.2, 0.25) is 0 Å². The SMILES string of the molecule is Sc1ccccc1C1=NCCC1. The summed E-state index contributed by atoms with van der Waals surface area (Å²) < 4.78 is 0. The standard InChI is InChI=1S/C10H11NS/c12-10-6-2-1-4-8(10)9-5-3-7-11-9/h1-2,4,6,12H,3,5,7H2. The molecule has 0 aliphatic carbocycles. The highest BCUT2D eigenvalue weighted by Crippen LogP contribution is 2.19. The third-order valence-corrected chi connectivity index (χ3v) is 2.48. The third kappa shape index (κ3) is 1.39. The maximum Gasteiger partial charge on any atom is 0.0432 e. The lowest BCUT2D eigenvalue weighted by atomic mass is 10.1. The molecule has 0 radical (unpaired) electrons. The summed E-state index contributed by atoms with van der Waals surface area (Å²) in [7, 11) is 0. The number of thiol groups is 1. The maximum atomic E-state index is 4.43. The van der Waals surface area contributed by atoms with Gasteiger partial charge in [-0.25, -0.2) is 0 Å². The highest BCUT2D eigenvalue weighted by Gasteiger charge is 2.10. The summed E-state index contributed by atoms with van der Waals surface area (Å²) in [6.45, 7) is 0.984. The van der Waals surface area contributed by atoms with Gasteiger partial charge in [-0.05, 0) is 18.9 Å². The largest absolute Gasteiger partial charge is 0.289 e. The molecular weight excluding hydrogens is 166 g/mol. The van der Waals surface area contributed by atoms with E-state index in [0.29, 0.717) is 0 Å². The first-order chi connectivity index (χ1) is 5.88. The fourth-order valence-corrected chi connectivity index (χ4v) is 1.77. The minimum Gasteiger partial charge on any atom is -0.289 e. The molecule has 0 bridgehead atoms. The Balaban J connectivity index is 2.39. The Morgan fingerprint density at radius 1 is 1.25 bits per heavy atom. The zero-order valence-corrected chi connectivity index (χ0v) is 7.72. The summed E-state index contributed by atoms with van der Waals surface area (Å²) in [6, 6.07) is 8.14. The lowest BCUT2D eigenvalue weighted by Crippen LogP contribution is -1.96. The summed E-state index contributed by atoms with van der Waals surface area (Å²) in [6.07, 6.45) is 2.30. The Hall–Kier alpha value is -0.760. The molecule has 1 nitrogen and oxygen atoms in total. The Bertz CT molecular complexity index is 317. The van der Waals surface area contributed by atoms with Crippen molar-refractivity contribution in [2.75, 3.05) is 6.54 Å². The lowest BCUT2D eigenvalue weighted by molar-refractivity contribution is 0.951. The van der Waals surface area contributed by atoms with Crippen LogP contribution in [0.2, 0.25) is 0 Å². The Morgan fingerprint density at radius 3 is 2.75 bits per heavy atom. The molecule has 1 aromatic rings. The van der Waals surface area contributed by atoms with E-state index in [2.05, 4.69) is 23.7 Å². The number of nitrogens with zero attached hydrogens (tertiary/aromatic N) is 1. The van der Waals surface area contributed by atoms with E-state index in [9.17, 15) is 0 Å². The summed E-state index contributed by atoms with van der Waals surface area (Å²) >= 11 is 4.39. The lowest BCUT2D eigenvalue weighted by Gasteiger charge is -2.02. The molecule has 0 aromatic heterocycles. The van der Waals surface area contributed by atoms with Gasteiger partial charge in [0.1, 0.15) is 0 Å². The van der Waals surface area contributed by atoms with Gasteiger partial charge in [0.15, 0.2) is 0 Å². The van der Waals surface area contributed by atoms with Crippen LogP contribution in [0.1, 0.15) is 18.4 Å². The normalized spacial score (nSPS) is 16.2.